The molecule has 0 unspecified atom stereocenters. The first-order valence-electron chi connectivity index (χ1n) is 6.25. The first kappa shape index (κ1) is 17.0. The van der Waals surface area contributed by atoms with Crippen LogP contribution in [0, 0.1) is 5.82 Å². The highest BCUT2D eigenvalue weighted by molar-refractivity contribution is 7.90. The lowest BCUT2D eigenvalue weighted by atomic mass is 10.3. The number of benzene rings is 1. The van der Waals surface area contributed by atoms with E-state index in [0.29, 0.717) is 6.54 Å². The normalized spacial score (nSPS) is 11.0. The predicted octanol–water partition coefficient (Wildman–Crippen LogP) is 1.20. The van der Waals surface area contributed by atoms with Crippen molar-refractivity contribution >= 4 is 21.7 Å². The number of nitrogen functional groups attached to an aromatic ring is 1. The van der Waals surface area contributed by atoms with E-state index in [4.69, 9.17) is 10.5 Å². The Labute approximate surface area is 122 Å². The summed E-state index contributed by atoms with van der Waals surface area (Å²) >= 11 is 0. The van der Waals surface area contributed by atoms with E-state index >= 15 is 0 Å². The molecule has 0 saturated heterocycles. The van der Waals surface area contributed by atoms with Gasteiger partial charge in [0.2, 0.25) is 0 Å². The van der Waals surface area contributed by atoms with E-state index in [2.05, 4.69) is 5.32 Å². The topological polar surface area (TPSA) is 111 Å². The van der Waals surface area contributed by atoms with Crippen LogP contribution < -0.4 is 20.5 Å². The summed E-state index contributed by atoms with van der Waals surface area (Å²) in [7, 11) is -2.99. The molecule has 4 N–H and O–H groups in total. The van der Waals surface area contributed by atoms with Crippen LogP contribution in [0.3, 0.4) is 0 Å². The molecule has 0 aromatic heterocycles. The van der Waals surface area contributed by atoms with Crippen LogP contribution in [0.2, 0.25) is 0 Å². The van der Waals surface area contributed by atoms with Crippen molar-refractivity contribution in [3.63, 3.8) is 0 Å². The third-order valence-corrected chi connectivity index (χ3v) is 3.91. The van der Waals surface area contributed by atoms with Crippen LogP contribution in [0.1, 0.15) is 19.8 Å². The Hall–Kier alpha value is -2.03. The van der Waals surface area contributed by atoms with Crippen LogP contribution in [-0.2, 0) is 10.0 Å². The largest absolute Gasteiger partial charge is 0.492 e. The third-order valence-electron chi connectivity index (χ3n) is 2.60. The average Bonchev–Trinajstić information content (AvgIpc) is 2.38. The standard InChI is InChI=1S/C12H18FN3O4S/c1-3-4-5-15-12(17)16-21(18,19)8-6-9(13)11(20-2)10(14)7-8/h6-7H,3-5,14H2,1-2H3,(H2,15,16,17). The lowest BCUT2D eigenvalue weighted by Crippen LogP contribution is -2.39. The van der Waals surface area contributed by atoms with Crippen LogP contribution in [0.15, 0.2) is 17.0 Å². The number of halogens is 1. The van der Waals surface area contributed by atoms with Crippen molar-refractivity contribution in [1.82, 2.24) is 10.0 Å². The molecule has 0 fully saturated rings. The Balaban J connectivity index is 2.91. The summed E-state index contributed by atoms with van der Waals surface area (Å²) in [5.41, 5.74) is 5.32. The molecule has 21 heavy (non-hydrogen) atoms. The molecule has 0 aliphatic carbocycles. The third kappa shape index (κ3) is 4.48. The van der Waals surface area contributed by atoms with Gasteiger partial charge in [-0.1, -0.05) is 13.3 Å². The summed E-state index contributed by atoms with van der Waals surface area (Å²) < 4.78 is 44.0. The second-order valence-corrected chi connectivity index (χ2v) is 5.92. The molecule has 118 valence electrons. The van der Waals surface area contributed by atoms with Crippen molar-refractivity contribution in [2.24, 2.45) is 0 Å². The summed E-state index contributed by atoms with van der Waals surface area (Å²) in [6.45, 7) is 2.27. The molecule has 0 bridgehead atoms. The Morgan fingerprint density at radius 3 is 2.62 bits per heavy atom. The van der Waals surface area contributed by atoms with Crippen LogP contribution in [0.4, 0.5) is 14.9 Å². The highest BCUT2D eigenvalue weighted by Crippen LogP contribution is 2.28. The molecule has 0 aliphatic heterocycles. The van der Waals surface area contributed by atoms with E-state index in [1.165, 1.54) is 7.11 Å². The number of methoxy groups -OCH3 is 1. The van der Waals surface area contributed by atoms with Gasteiger partial charge in [0.1, 0.15) is 0 Å². The second kappa shape index (κ2) is 7.11. The van der Waals surface area contributed by atoms with Crippen molar-refractivity contribution in [2.45, 2.75) is 24.7 Å². The molecule has 0 heterocycles. The summed E-state index contributed by atoms with van der Waals surface area (Å²) in [5.74, 6) is -1.18. The van der Waals surface area contributed by atoms with Gasteiger partial charge in [0.25, 0.3) is 10.0 Å². The van der Waals surface area contributed by atoms with E-state index in [0.717, 1.165) is 25.0 Å². The fourth-order valence-electron chi connectivity index (χ4n) is 1.56. The Kier molecular flexibility index (Phi) is 5.77. The monoisotopic (exact) mass is 319 g/mol. The number of sulfonamides is 1. The molecule has 9 heteroatoms. The quantitative estimate of drug-likeness (QED) is 0.539. The van der Waals surface area contributed by atoms with Crippen LogP contribution in [0.25, 0.3) is 0 Å². The van der Waals surface area contributed by atoms with Gasteiger partial charge in [-0.3, -0.25) is 0 Å². The first-order chi connectivity index (χ1) is 9.81. The fraction of sp³-hybridized carbons (Fsp3) is 0.417. The molecular formula is C12H18FN3O4S. The lowest BCUT2D eigenvalue weighted by Gasteiger charge is -2.11. The number of nitrogens with two attached hydrogens (primary N) is 1. The van der Waals surface area contributed by atoms with Gasteiger partial charge in [-0.25, -0.2) is 22.3 Å². The van der Waals surface area contributed by atoms with Gasteiger partial charge in [0, 0.05) is 6.54 Å². The molecule has 0 saturated carbocycles. The van der Waals surface area contributed by atoms with Crippen molar-refractivity contribution < 1.29 is 22.3 Å². The smallest absolute Gasteiger partial charge is 0.328 e. The van der Waals surface area contributed by atoms with Gasteiger partial charge in [0.05, 0.1) is 17.7 Å². The van der Waals surface area contributed by atoms with E-state index < -0.39 is 26.8 Å². The Morgan fingerprint density at radius 2 is 2.10 bits per heavy atom. The maximum atomic E-state index is 13.6. The highest BCUT2D eigenvalue weighted by Gasteiger charge is 2.21. The lowest BCUT2D eigenvalue weighted by molar-refractivity contribution is 0.245. The number of nitrogens with one attached hydrogen (secondary N) is 2. The summed E-state index contributed by atoms with van der Waals surface area (Å²) in [4.78, 5) is 11.0. The second-order valence-electron chi connectivity index (χ2n) is 4.24. The van der Waals surface area contributed by atoms with Crippen molar-refractivity contribution in [1.29, 1.82) is 0 Å². The average molecular weight is 319 g/mol. The molecule has 2 amide bonds. The minimum Gasteiger partial charge on any atom is -0.492 e. The summed E-state index contributed by atoms with van der Waals surface area (Å²) in [5, 5.41) is 2.38. The van der Waals surface area contributed by atoms with Gasteiger partial charge in [-0.2, -0.15) is 0 Å². The molecule has 0 spiro atoms. The van der Waals surface area contributed by atoms with E-state index in [1.807, 2.05) is 6.92 Å². The molecule has 1 aromatic rings. The molecule has 1 rings (SSSR count). The first-order valence-corrected chi connectivity index (χ1v) is 7.73. The zero-order valence-corrected chi connectivity index (χ0v) is 12.6. The number of hydrogen-bond acceptors (Lipinski definition) is 5. The molecule has 1 aromatic carbocycles. The van der Waals surface area contributed by atoms with Gasteiger partial charge >= 0.3 is 6.03 Å². The Bertz CT molecular complexity index is 596. The molecule has 0 aliphatic rings. The van der Waals surface area contributed by atoms with Gasteiger partial charge < -0.3 is 15.8 Å². The molecule has 0 atom stereocenters. The minimum atomic E-state index is -4.20. The van der Waals surface area contributed by atoms with Crippen molar-refractivity contribution in [2.75, 3.05) is 19.4 Å². The van der Waals surface area contributed by atoms with Crippen LogP contribution in [0.5, 0.6) is 5.75 Å². The predicted molar refractivity (Wildman–Crippen MR) is 76.0 cm³/mol. The van der Waals surface area contributed by atoms with Crippen LogP contribution in [-0.4, -0.2) is 28.1 Å². The zero-order valence-electron chi connectivity index (χ0n) is 11.8. The summed E-state index contributed by atoms with van der Waals surface area (Å²) in [6, 6.07) is 0.874. The molecule has 7 nitrogen and oxygen atoms in total. The number of carbonyl (C=O) groups excluding carboxylic acids is 1. The van der Waals surface area contributed by atoms with Crippen molar-refractivity contribution in [3.8, 4) is 5.75 Å². The van der Waals surface area contributed by atoms with E-state index in [1.54, 1.807) is 4.72 Å². The molecular weight excluding hydrogens is 301 g/mol. The van der Waals surface area contributed by atoms with Gasteiger partial charge in [0.15, 0.2) is 11.6 Å². The number of hydrogen-bond donors (Lipinski definition) is 3. The number of ether oxygens (including phenoxy) is 1. The fourth-order valence-corrected chi connectivity index (χ4v) is 2.53. The maximum absolute atomic E-state index is 13.6. The number of rotatable bonds is 6. The number of carbonyl (C=O) groups is 1. The van der Waals surface area contributed by atoms with Gasteiger partial charge in [-0.05, 0) is 18.6 Å². The highest BCUT2D eigenvalue weighted by atomic mass is 32.2. The maximum Gasteiger partial charge on any atom is 0.328 e. The number of anilines is 1. The number of amides is 2. The number of urea groups is 1. The summed E-state index contributed by atoms with van der Waals surface area (Å²) in [6.07, 6.45) is 1.57. The van der Waals surface area contributed by atoms with Crippen LogP contribution >= 0.6 is 0 Å². The van der Waals surface area contributed by atoms with E-state index in [-0.39, 0.29) is 11.4 Å². The minimum absolute atomic E-state index is 0.177. The van der Waals surface area contributed by atoms with Gasteiger partial charge in [-0.15, -0.1) is 0 Å². The SMILES string of the molecule is CCCCNC(=O)NS(=O)(=O)c1cc(N)c(OC)c(F)c1. The van der Waals surface area contributed by atoms with Crippen molar-refractivity contribution in [3.05, 3.63) is 17.9 Å². The Morgan fingerprint density at radius 1 is 1.43 bits per heavy atom. The van der Waals surface area contributed by atoms with E-state index in [9.17, 15) is 17.6 Å². The number of unbranched alkanes of at least 4 members (excludes halogenated alkanes) is 1. The molecule has 0 radical (unpaired) electrons. The zero-order chi connectivity index (χ0) is 16.0.